The number of likely N-dealkylation sites (tertiary alicyclic amines) is 1. The van der Waals surface area contributed by atoms with Crippen molar-refractivity contribution in [3.8, 4) is 0 Å². The minimum Gasteiger partial charge on any atom is -0.459 e. The van der Waals surface area contributed by atoms with E-state index in [-0.39, 0.29) is 29.5 Å². The third-order valence-electron chi connectivity index (χ3n) is 5.52. The molecule has 27 heavy (non-hydrogen) atoms. The molecular weight excluding hydrogens is 346 g/mol. The summed E-state index contributed by atoms with van der Waals surface area (Å²) < 4.78 is 5.05. The summed E-state index contributed by atoms with van der Waals surface area (Å²) in [4.78, 5) is 39.1. The van der Waals surface area contributed by atoms with Gasteiger partial charge in [-0.25, -0.2) is 0 Å². The Hall–Kier alpha value is -2.31. The van der Waals surface area contributed by atoms with E-state index in [4.69, 9.17) is 4.42 Å². The summed E-state index contributed by atoms with van der Waals surface area (Å²) in [5, 5.41) is 5.83. The highest BCUT2D eigenvalue weighted by Crippen LogP contribution is 2.21. The lowest BCUT2D eigenvalue weighted by Gasteiger charge is -2.34. The molecule has 0 spiro atoms. The SMILES string of the molecule is CC(NC(=O)c1ccco1)C(=O)N1CCCC(C(=O)NC2CCCCC2)C1. The molecule has 2 aliphatic rings. The van der Waals surface area contributed by atoms with Gasteiger partial charge in [-0.1, -0.05) is 19.3 Å². The molecule has 2 N–H and O–H groups in total. The molecule has 148 valence electrons. The molecule has 2 heterocycles. The summed E-state index contributed by atoms with van der Waals surface area (Å²) in [5.74, 6) is -0.503. The lowest BCUT2D eigenvalue weighted by atomic mass is 9.93. The summed E-state index contributed by atoms with van der Waals surface area (Å²) in [7, 11) is 0. The number of nitrogens with zero attached hydrogens (tertiary/aromatic N) is 1. The van der Waals surface area contributed by atoms with Gasteiger partial charge >= 0.3 is 0 Å². The number of carbonyl (C=O) groups excluding carboxylic acids is 3. The van der Waals surface area contributed by atoms with Crippen molar-refractivity contribution in [3.05, 3.63) is 24.2 Å². The fourth-order valence-electron chi connectivity index (χ4n) is 3.97. The van der Waals surface area contributed by atoms with Gasteiger partial charge in [-0.15, -0.1) is 0 Å². The number of carbonyl (C=O) groups is 3. The van der Waals surface area contributed by atoms with Crippen LogP contribution in [-0.4, -0.2) is 47.8 Å². The molecule has 2 unspecified atom stereocenters. The summed E-state index contributed by atoms with van der Waals surface area (Å²) in [6.45, 7) is 2.69. The number of hydrogen-bond acceptors (Lipinski definition) is 4. The van der Waals surface area contributed by atoms with E-state index >= 15 is 0 Å². The Kier molecular flexibility index (Phi) is 6.53. The number of hydrogen-bond donors (Lipinski definition) is 2. The van der Waals surface area contributed by atoms with Crippen molar-refractivity contribution in [3.63, 3.8) is 0 Å². The van der Waals surface area contributed by atoms with Crippen molar-refractivity contribution in [1.82, 2.24) is 15.5 Å². The van der Waals surface area contributed by atoms with Crippen LogP contribution in [0.1, 0.15) is 62.4 Å². The lowest BCUT2D eigenvalue weighted by molar-refractivity contribution is -0.137. The first-order valence-electron chi connectivity index (χ1n) is 9.98. The van der Waals surface area contributed by atoms with E-state index in [2.05, 4.69) is 10.6 Å². The number of piperidine rings is 1. The average Bonchev–Trinajstić information content (AvgIpc) is 3.23. The van der Waals surface area contributed by atoms with Crippen molar-refractivity contribution in [2.24, 2.45) is 5.92 Å². The van der Waals surface area contributed by atoms with Crippen LogP contribution >= 0.6 is 0 Å². The zero-order valence-electron chi connectivity index (χ0n) is 15.9. The quantitative estimate of drug-likeness (QED) is 0.824. The molecule has 3 rings (SSSR count). The Morgan fingerprint density at radius 1 is 1.15 bits per heavy atom. The Bertz CT molecular complexity index is 652. The summed E-state index contributed by atoms with van der Waals surface area (Å²) in [6, 6.07) is 2.80. The van der Waals surface area contributed by atoms with Crippen LogP contribution in [0.2, 0.25) is 0 Å². The van der Waals surface area contributed by atoms with Gasteiger partial charge in [0.25, 0.3) is 5.91 Å². The maximum absolute atomic E-state index is 12.7. The molecule has 1 saturated heterocycles. The maximum Gasteiger partial charge on any atom is 0.287 e. The first-order chi connectivity index (χ1) is 13.0. The number of amides is 3. The summed E-state index contributed by atoms with van der Waals surface area (Å²) in [5.41, 5.74) is 0. The molecule has 1 aromatic heterocycles. The average molecular weight is 375 g/mol. The molecule has 0 aromatic carbocycles. The third kappa shape index (κ3) is 5.11. The van der Waals surface area contributed by atoms with Gasteiger partial charge in [0.1, 0.15) is 6.04 Å². The highest BCUT2D eigenvalue weighted by atomic mass is 16.3. The van der Waals surface area contributed by atoms with Crippen molar-refractivity contribution >= 4 is 17.7 Å². The molecule has 1 saturated carbocycles. The Morgan fingerprint density at radius 3 is 2.63 bits per heavy atom. The molecule has 3 amide bonds. The van der Waals surface area contributed by atoms with Gasteiger partial charge in [-0.3, -0.25) is 14.4 Å². The third-order valence-corrected chi connectivity index (χ3v) is 5.52. The Morgan fingerprint density at radius 2 is 1.93 bits per heavy atom. The van der Waals surface area contributed by atoms with Crippen molar-refractivity contribution < 1.29 is 18.8 Å². The fourth-order valence-corrected chi connectivity index (χ4v) is 3.97. The molecule has 2 atom stereocenters. The topological polar surface area (TPSA) is 91.7 Å². The van der Waals surface area contributed by atoms with E-state index in [1.165, 1.54) is 25.5 Å². The van der Waals surface area contributed by atoms with E-state index in [0.717, 1.165) is 25.7 Å². The largest absolute Gasteiger partial charge is 0.459 e. The minimum absolute atomic E-state index is 0.0617. The van der Waals surface area contributed by atoms with Gasteiger partial charge in [-0.2, -0.15) is 0 Å². The monoisotopic (exact) mass is 375 g/mol. The lowest BCUT2D eigenvalue weighted by Crippen LogP contribution is -2.52. The van der Waals surface area contributed by atoms with Crippen LogP contribution in [-0.2, 0) is 9.59 Å². The van der Waals surface area contributed by atoms with Crippen LogP contribution in [0.3, 0.4) is 0 Å². The normalized spacial score (nSPS) is 22.1. The predicted molar refractivity (Wildman–Crippen MR) is 100.0 cm³/mol. The van der Waals surface area contributed by atoms with Crippen LogP contribution in [0.15, 0.2) is 22.8 Å². The standard InChI is InChI=1S/C20H29N3O4/c1-14(21-19(25)17-10-6-12-27-17)20(26)23-11-5-7-15(13-23)18(24)22-16-8-3-2-4-9-16/h6,10,12,14-16H,2-5,7-9,11,13H2,1H3,(H,21,25)(H,22,24). The second-order valence-corrected chi connectivity index (χ2v) is 7.64. The van der Waals surface area contributed by atoms with E-state index < -0.39 is 11.9 Å². The highest BCUT2D eigenvalue weighted by Gasteiger charge is 2.32. The maximum atomic E-state index is 12.7. The smallest absolute Gasteiger partial charge is 0.287 e. The molecule has 2 fully saturated rings. The first-order valence-corrected chi connectivity index (χ1v) is 9.98. The van der Waals surface area contributed by atoms with Gasteiger partial charge < -0.3 is 20.0 Å². The Balaban J connectivity index is 1.50. The van der Waals surface area contributed by atoms with Gasteiger partial charge in [0.2, 0.25) is 11.8 Å². The second kappa shape index (κ2) is 9.06. The van der Waals surface area contributed by atoms with Gasteiger partial charge in [-0.05, 0) is 44.7 Å². The fraction of sp³-hybridized carbons (Fsp3) is 0.650. The molecule has 7 heteroatoms. The predicted octanol–water partition coefficient (Wildman–Crippen LogP) is 2.09. The summed E-state index contributed by atoms with van der Waals surface area (Å²) >= 11 is 0. The van der Waals surface area contributed by atoms with Crippen LogP contribution < -0.4 is 10.6 Å². The van der Waals surface area contributed by atoms with Crippen molar-refractivity contribution in [1.29, 1.82) is 0 Å². The minimum atomic E-state index is -0.664. The number of furan rings is 1. The first kappa shape index (κ1) is 19.5. The van der Waals surface area contributed by atoms with Crippen LogP contribution in [0.5, 0.6) is 0 Å². The molecular formula is C20H29N3O4. The van der Waals surface area contributed by atoms with Crippen molar-refractivity contribution in [2.45, 2.75) is 64.0 Å². The molecule has 0 radical (unpaired) electrons. The highest BCUT2D eigenvalue weighted by molar-refractivity contribution is 5.95. The molecule has 1 aliphatic heterocycles. The van der Waals surface area contributed by atoms with E-state index in [9.17, 15) is 14.4 Å². The van der Waals surface area contributed by atoms with Gasteiger partial charge in [0.05, 0.1) is 12.2 Å². The van der Waals surface area contributed by atoms with E-state index in [0.29, 0.717) is 13.1 Å². The number of nitrogens with one attached hydrogen (secondary N) is 2. The zero-order chi connectivity index (χ0) is 19.2. The Labute approximate surface area is 159 Å². The van der Waals surface area contributed by atoms with Crippen LogP contribution in [0.4, 0.5) is 0 Å². The summed E-state index contributed by atoms with van der Waals surface area (Å²) in [6.07, 6.45) is 8.72. The van der Waals surface area contributed by atoms with E-state index in [1.807, 2.05) is 0 Å². The zero-order valence-corrected chi connectivity index (χ0v) is 15.9. The second-order valence-electron chi connectivity index (χ2n) is 7.64. The van der Waals surface area contributed by atoms with Crippen molar-refractivity contribution in [2.75, 3.05) is 13.1 Å². The molecule has 0 bridgehead atoms. The van der Waals surface area contributed by atoms with Gasteiger partial charge in [0.15, 0.2) is 5.76 Å². The molecule has 1 aromatic rings. The number of rotatable bonds is 5. The van der Waals surface area contributed by atoms with Crippen LogP contribution in [0.25, 0.3) is 0 Å². The molecule has 7 nitrogen and oxygen atoms in total. The van der Waals surface area contributed by atoms with E-state index in [1.54, 1.807) is 24.0 Å². The van der Waals surface area contributed by atoms with Gasteiger partial charge in [0, 0.05) is 19.1 Å². The molecule has 1 aliphatic carbocycles. The van der Waals surface area contributed by atoms with Crippen LogP contribution in [0, 0.1) is 5.92 Å².